The van der Waals surface area contributed by atoms with E-state index >= 15 is 0 Å². The summed E-state index contributed by atoms with van der Waals surface area (Å²) >= 11 is 4.08. The molecular weight excluding hydrogens is 396 g/mol. The van der Waals surface area contributed by atoms with Crippen LogP contribution >= 0.6 is 12.6 Å². The molecule has 1 saturated heterocycles. The predicted octanol–water partition coefficient (Wildman–Crippen LogP) is 3.17. The largest absolute Gasteiger partial charge is 0.355 e. The molecule has 4 N–H and O–H groups in total. The average Bonchev–Trinajstić information content (AvgIpc) is 3.35. The monoisotopic (exact) mass is 421 g/mol. The summed E-state index contributed by atoms with van der Waals surface area (Å²) in [6.07, 6.45) is 7.34. The number of aromatic nitrogens is 4. The lowest BCUT2D eigenvalue weighted by atomic mass is 10.1. The molecule has 1 atom stereocenters. The molecule has 156 valence electrons. The number of nitrogens with one attached hydrogen (secondary N) is 2. The highest BCUT2D eigenvalue weighted by molar-refractivity contribution is 7.81. The Labute approximate surface area is 173 Å². The second-order valence-corrected chi connectivity index (χ2v) is 7.84. The fourth-order valence-electron chi connectivity index (χ4n) is 2.75. The number of rotatable bonds is 5. The maximum atomic E-state index is 12.3. The first-order chi connectivity index (χ1) is 13.9. The number of H-pyrrole nitrogens is 1. The van der Waals surface area contributed by atoms with E-state index in [-0.39, 0.29) is 6.04 Å². The molecule has 29 heavy (non-hydrogen) atoms. The number of nitrogens with two attached hydrogens (primary N) is 1. The number of hydrogen-bond acceptors (Lipinski definition) is 7. The highest BCUT2D eigenvalue weighted by Crippen LogP contribution is 2.25. The molecule has 0 aromatic carbocycles. The molecule has 2 aliphatic rings. The molecule has 2 fully saturated rings. The van der Waals surface area contributed by atoms with Crippen LogP contribution in [-0.2, 0) is 0 Å². The minimum Gasteiger partial charge on any atom is -0.355 e. The number of allylic oxidation sites excluding steroid dienone is 1. The quantitative estimate of drug-likeness (QED) is 0.438. The van der Waals surface area contributed by atoms with Crippen LogP contribution < -0.4 is 10.6 Å². The van der Waals surface area contributed by atoms with Gasteiger partial charge in [0.2, 0.25) is 0 Å². The van der Waals surface area contributed by atoms with E-state index in [0.717, 1.165) is 43.1 Å². The lowest BCUT2D eigenvalue weighted by molar-refractivity contribution is 0.226. The molecule has 4 rings (SSSR count). The molecule has 10 heteroatoms. The Morgan fingerprint density at radius 2 is 2.07 bits per heavy atom. The topological polar surface area (TPSA) is 108 Å². The minimum absolute atomic E-state index is 0.140. The molecule has 3 heterocycles. The number of hydrogen-bond donors (Lipinski definition) is 4. The van der Waals surface area contributed by atoms with Crippen LogP contribution in [-0.4, -0.2) is 56.5 Å². The van der Waals surface area contributed by atoms with Crippen LogP contribution in [0.15, 0.2) is 24.7 Å². The van der Waals surface area contributed by atoms with Gasteiger partial charge in [-0.25, -0.2) is 23.7 Å². The molecular formula is C19H25F2N7S. The number of halogens is 2. The number of piperidine rings is 1. The maximum Gasteiger partial charge on any atom is 0.279 e. The van der Waals surface area contributed by atoms with Gasteiger partial charge in [0.05, 0.1) is 23.3 Å². The van der Waals surface area contributed by atoms with Gasteiger partial charge in [0.25, 0.3) is 6.43 Å². The Hall–Kier alpha value is -2.33. The zero-order valence-electron chi connectivity index (χ0n) is 15.9. The predicted molar refractivity (Wildman–Crippen MR) is 114 cm³/mol. The van der Waals surface area contributed by atoms with Crippen molar-refractivity contribution in [2.24, 2.45) is 5.73 Å². The van der Waals surface area contributed by atoms with Gasteiger partial charge in [-0.1, -0.05) is 0 Å². The normalized spacial score (nSPS) is 19.3. The summed E-state index contributed by atoms with van der Waals surface area (Å²) < 4.78 is 24.6. The van der Waals surface area contributed by atoms with Crippen molar-refractivity contribution in [3.63, 3.8) is 0 Å². The third-order valence-corrected chi connectivity index (χ3v) is 5.03. The summed E-state index contributed by atoms with van der Waals surface area (Å²) in [5.74, 6) is 1.17. The SMILES string of the molecule is N=C(/C=C\c1ncc(-c2cc(N3CCCC(N)C3)ncn2)[nH]1)C(F)F.SC1CC1. The first-order valence-corrected chi connectivity index (χ1v) is 10.0. The number of alkyl halides is 2. The van der Waals surface area contributed by atoms with Crippen molar-refractivity contribution < 1.29 is 8.78 Å². The lowest BCUT2D eigenvalue weighted by Gasteiger charge is -2.31. The van der Waals surface area contributed by atoms with Crippen molar-refractivity contribution in [2.45, 2.75) is 43.4 Å². The fraction of sp³-hybridized carbons (Fsp3) is 0.474. The number of nitrogens with zero attached hydrogens (tertiary/aromatic N) is 4. The summed E-state index contributed by atoms with van der Waals surface area (Å²) in [5, 5.41) is 7.88. The number of imidazole rings is 1. The van der Waals surface area contributed by atoms with Crippen LogP contribution in [0.3, 0.4) is 0 Å². The number of thiol groups is 1. The average molecular weight is 422 g/mol. The molecule has 1 unspecified atom stereocenters. The molecule has 2 aromatic rings. The van der Waals surface area contributed by atoms with Crippen LogP contribution in [0.25, 0.3) is 17.5 Å². The van der Waals surface area contributed by atoms with Crippen molar-refractivity contribution in [1.29, 1.82) is 5.41 Å². The van der Waals surface area contributed by atoms with Crippen molar-refractivity contribution in [3.8, 4) is 11.4 Å². The zero-order chi connectivity index (χ0) is 20.8. The van der Waals surface area contributed by atoms with Gasteiger partial charge in [0, 0.05) is 30.4 Å². The second-order valence-electron chi connectivity index (χ2n) is 7.11. The van der Waals surface area contributed by atoms with Crippen LogP contribution in [0.2, 0.25) is 0 Å². The summed E-state index contributed by atoms with van der Waals surface area (Å²) in [7, 11) is 0. The second kappa shape index (κ2) is 9.93. The Morgan fingerprint density at radius 3 is 2.72 bits per heavy atom. The van der Waals surface area contributed by atoms with Gasteiger partial charge >= 0.3 is 0 Å². The molecule has 1 aliphatic carbocycles. The molecule has 7 nitrogen and oxygen atoms in total. The lowest BCUT2D eigenvalue weighted by Crippen LogP contribution is -2.43. The fourth-order valence-corrected chi connectivity index (χ4v) is 2.90. The van der Waals surface area contributed by atoms with E-state index in [1.807, 2.05) is 6.07 Å². The summed E-state index contributed by atoms with van der Waals surface area (Å²) in [5.41, 5.74) is 6.55. The van der Waals surface area contributed by atoms with Crippen LogP contribution in [0.5, 0.6) is 0 Å². The van der Waals surface area contributed by atoms with Crippen molar-refractivity contribution >= 4 is 30.2 Å². The van der Waals surface area contributed by atoms with Gasteiger partial charge < -0.3 is 15.6 Å². The first kappa shape index (κ1) is 21.4. The van der Waals surface area contributed by atoms with E-state index in [9.17, 15) is 8.78 Å². The van der Waals surface area contributed by atoms with Gasteiger partial charge in [0.15, 0.2) is 0 Å². The molecule has 0 amide bonds. The van der Waals surface area contributed by atoms with Crippen molar-refractivity contribution in [2.75, 3.05) is 18.0 Å². The van der Waals surface area contributed by atoms with Gasteiger partial charge in [-0.05, 0) is 37.8 Å². The van der Waals surface area contributed by atoms with Gasteiger partial charge in [-0.3, -0.25) is 5.41 Å². The highest BCUT2D eigenvalue weighted by atomic mass is 32.1. The van der Waals surface area contributed by atoms with Gasteiger partial charge in [0.1, 0.15) is 18.0 Å². The van der Waals surface area contributed by atoms with Crippen LogP contribution in [0.1, 0.15) is 31.5 Å². The molecule has 0 bridgehead atoms. The standard InChI is InChI=1S/C16H19F2N7.C3H6S/c17-16(18)11(20)3-4-14-21-7-13(24-14)12-6-15(23-9-22-12)25-5-1-2-10(19)8-25;4-3-1-2-3/h3-4,6-7,9-10,16,20H,1-2,5,8,19H2,(H,21,24);3-4H,1-2H2/b4-3-,20-11?;. The van der Waals surface area contributed by atoms with E-state index < -0.39 is 12.1 Å². The van der Waals surface area contributed by atoms with Crippen molar-refractivity contribution in [3.05, 3.63) is 30.5 Å². The molecule has 1 aliphatic heterocycles. The number of aromatic amines is 1. The Balaban J connectivity index is 0.000000536. The molecule has 1 saturated carbocycles. The third kappa shape index (κ3) is 6.60. The third-order valence-electron chi connectivity index (χ3n) is 4.51. The van der Waals surface area contributed by atoms with E-state index in [4.69, 9.17) is 11.1 Å². The number of anilines is 1. The van der Waals surface area contributed by atoms with E-state index in [1.165, 1.54) is 25.2 Å². The minimum atomic E-state index is -2.80. The summed E-state index contributed by atoms with van der Waals surface area (Å²) in [6.45, 7) is 1.65. The zero-order valence-corrected chi connectivity index (χ0v) is 16.8. The van der Waals surface area contributed by atoms with Gasteiger partial charge in [-0.2, -0.15) is 12.6 Å². The van der Waals surface area contributed by atoms with Crippen molar-refractivity contribution in [1.82, 2.24) is 19.9 Å². The van der Waals surface area contributed by atoms with E-state index in [2.05, 4.69) is 37.5 Å². The maximum absolute atomic E-state index is 12.3. The van der Waals surface area contributed by atoms with E-state index in [1.54, 1.807) is 6.20 Å². The Kier molecular flexibility index (Phi) is 7.32. The molecule has 2 aromatic heterocycles. The van der Waals surface area contributed by atoms with Crippen LogP contribution in [0.4, 0.5) is 14.6 Å². The summed E-state index contributed by atoms with van der Waals surface area (Å²) in [6, 6.07) is 1.99. The summed E-state index contributed by atoms with van der Waals surface area (Å²) in [4.78, 5) is 17.8. The smallest absolute Gasteiger partial charge is 0.279 e. The molecule has 0 spiro atoms. The van der Waals surface area contributed by atoms with E-state index in [0.29, 0.717) is 17.2 Å². The van der Waals surface area contributed by atoms with Crippen LogP contribution in [0, 0.1) is 5.41 Å². The molecule has 0 radical (unpaired) electrons. The Bertz CT molecular complexity index is 851. The van der Waals surface area contributed by atoms with Gasteiger partial charge in [-0.15, -0.1) is 0 Å². The first-order valence-electron chi connectivity index (χ1n) is 9.53. The highest BCUT2D eigenvalue weighted by Gasteiger charge is 2.18. The Morgan fingerprint density at radius 1 is 1.31 bits per heavy atom.